The second-order valence-electron chi connectivity index (χ2n) is 6.95. The molecule has 4 rings (SSSR count). The molecule has 2 aliphatic rings. The summed E-state index contributed by atoms with van der Waals surface area (Å²) in [6.45, 7) is 4.02. The highest BCUT2D eigenvalue weighted by atomic mass is 32.1. The van der Waals surface area contributed by atoms with Gasteiger partial charge in [-0.05, 0) is 52.3 Å². The molecule has 0 aromatic carbocycles. The lowest BCUT2D eigenvalue weighted by Crippen LogP contribution is -2.47. The fourth-order valence-corrected chi connectivity index (χ4v) is 4.81. The molecule has 0 saturated carbocycles. The maximum absolute atomic E-state index is 13.0. The van der Waals surface area contributed by atoms with Gasteiger partial charge in [-0.3, -0.25) is 4.79 Å². The number of carbonyl (C=O) groups excluding carboxylic acids is 1. The lowest BCUT2D eigenvalue weighted by atomic mass is 10.0. The minimum atomic E-state index is 0.135. The quantitative estimate of drug-likeness (QED) is 0.931. The van der Waals surface area contributed by atoms with Crippen LogP contribution in [0.25, 0.3) is 11.3 Å². The van der Waals surface area contributed by atoms with Gasteiger partial charge in [-0.15, -0.1) is 11.3 Å². The molecule has 5 nitrogen and oxygen atoms in total. The van der Waals surface area contributed by atoms with Crippen molar-refractivity contribution in [2.45, 2.75) is 44.7 Å². The summed E-state index contributed by atoms with van der Waals surface area (Å²) in [6, 6.07) is 2.83. The lowest BCUT2D eigenvalue weighted by Gasteiger charge is -2.33. The molecule has 24 heavy (non-hydrogen) atoms. The zero-order valence-corrected chi connectivity index (χ0v) is 15.1. The van der Waals surface area contributed by atoms with Crippen molar-refractivity contribution >= 4 is 17.2 Å². The molecule has 1 amide bonds. The first kappa shape index (κ1) is 15.8. The number of likely N-dealkylation sites (tertiary alicyclic amines) is 2. The number of rotatable bonds is 3. The SMILES string of the molecule is Cc1nc(-c2c[nH]c(C(=O)N3CCC[C@@H]3[C@@H]3CCCN3C)c2)cs1. The van der Waals surface area contributed by atoms with E-state index in [2.05, 4.69) is 26.8 Å². The fourth-order valence-electron chi connectivity index (χ4n) is 4.18. The second-order valence-corrected chi connectivity index (χ2v) is 8.01. The smallest absolute Gasteiger partial charge is 0.270 e. The van der Waals surface area contributed by atoms with E-state index in [-0.39, 0.29) is 5.91 Å². The number of carbonyl (C=O) groups is 1. The standard InChI is InChI=1S/C18H24N4OS/c1-12-20-15(11-24-12)13-9-14(19-10-13)18(23)22-8-4-6-17(22)16-5-3-7-21(16)2/h9-11,16-17,19H,3-8H2,1-2H3/t16-,17+/m0/s1. The van der Waals surface area contributed by atoms with Gasteiger partial charge in [0, 0.05) is 35.8 Å². The van der Waals surface area contributed by atoms with Crippen LogP contribution >= 0.6 is 11.3 Å². The van der Waals surface area contributed by atoms with Crippen molar-refractivity contribution in [3.63, 3.8) is 0 Å². The number of thiazole rings is 1. The summed E-state index contributed by atoms with van der Waals surface area (Å²) in [5.41, 5.74) is 2.63. The summed E-state index contributed by atoms with van der Waals surface area (Å²) in [4.78, 5) is 25.2. The Hall–Kier alpha value is -1.66. The van der Waals surface area contributed by atoms with Gasteiger partial charge in [-0.25, -0.2) is 4.98 Å². The normalized spacial score (nSPS) is 24.8. The van der Waals surface area contributed by atoms with E-state index in [1.807, 2.05) is 24.6 Å². The van der Waals surface area contributed by atoms with E-state index < -0.39 is 0 Å². The number of aryl methyl sites for hydroxylation is 1. The number of nitrogens with one attached hydrogen (secondary N) is 1. The highest BCUT2D eigenvalue weighted by molar-refractivity contribution is 7.09. The summed E-state index contributed by atoms with van der Waals surface area (Å²) in [7, 11) is 2.19. The van der Waals surface area contributed by atoms with Crippen LogP contribution in [-0.2, 0) is 0 Å². The predicted molar refractivity (Wildman–Crippen MR) is 96.3 cm³/mol. The molecule has 0 radical (unpaired) electrons. The Labute approximate surface area is 146 Å². The molecular weight excluding hydrogens is 320 g/mol. The molecule has 4 heterocycles. The number of aromatic amines is 1. The fraction of sp³-hybridized carbons (Fsp3) is 0.556. The number of nitrogens with zero attached hydrogens (tertiary/aromatic N) is 3. The van der Waals surface area contributed by atoms with Crippen LogP contribution in [0.1, 0.15) is 41.2 Å². The molecule has 0 bridgehead atoms. The van der Waals surface area contributed by atoms with E-state index >= 15 is 0 Å². The Kier molecular flexibility index (Phi) is 4.18. The number of H-pyrrole nitrogens is 1. The maximum atomic E-state index is 13.0. The van der Waals surface area contributed by atoms with E-state index in [9.17, 15) is 4.79 Å². The second kappa shape index (κ2) is 6.33. The van der Waals surface area contributed by atoms with E-state index in [4.69, 9.17) is 0 Å². The van der Waals surface area contributed by atoms with Crippen molar-refractivity contribution in [1.29, 1.82) is 0 Å². The topological polar surface area (TPSA) is 52.2 Å². The number of aromatic nitrogens is 2. The molecule has 2 aromatic heterocycles. The third kappa shape index (κ3) is 2.78. The van der Waals surface area contributed by atoms with E-state index in [1.54, 1.807) is 11.3 Å². The molecule has 0 aliphatic carbocycles. The summed E-state index contributed by atoms with van der Waals surface area (Å²) in [5, 5.41) is 3.08. The number of hydrogen-bond donors (Lipinski definition) is 1. The summed E-state index contributed by atoms with van der Waals surface area (Å²) in [5.74, 6) is 0.135. The van der Waals surface area contributed by atoms with Gasteiger partial charge >= 0.3 is 0 Å². The average Bonchev–Trinajstić information content (AvgIpc) is 3.33. The van der Waals surface area contributed by atoms with Crippen LogP contribution in [0.4, 0.5) is 0 Å². The van der Waals surface area contributed by atoms with Crippen LogP contribution < -0.4 is 0 Å². The van der Waals surface area contributed by atoms with Gasteiger partial charge in [0.05, 0.1) is 10.7 Å². The first-order chi connectivity index (χ1) is 11.6. The van der Waals surface area contributed by atoms with Gasteiger partial charge in [-0.1, -0.05) is 0 Å². The Morgan fingerprint density at radius 3 is 2.79 bits per heavy atom. The zero-order chi connectivity index (χ0) is 16.7. The van der Waals surface area contributed by atoms with Crippen molar-refractivity contribution in [1.82, 2.24) is 19.8 Å². The number of hydrogen-bond acceptors (Lipinski definition) is 4. The third-order valence-electron chi connectivity index (χ3n) is 5.41. The minimum absolute atomic E-state index is 0.135. The van der Waals surface area contributed by atoms with Crippen LogP contribution in [0, 0.1) is 6.92 Å². The van der Waals surface area contributed by atoms with Crippen molar-refractivity contribution in [3.8, 4) is 11.3 Å². The molecule has 2 saturated heterocycles. The first-order valence-corrected chi connectivity index (χ1v) is 9.63. The molecule has 2 fully saturated rings. The van der Waals surface area contributed by atoms with Crippen molar-refractivity contribution in [2.24, 2.45) is 0 Å². The Morgan fingerprint density at radius 1 is 1.29 bits per heavy atom. The van der Waals surface area contributed by atoms with Crippen molar-refractivity contribution in [2.75, 3.05) is 20.1 Å². The van der Waals surface area contributed by atoms with Gasteiger partial charge in [0.1, 0.15) is 5.69 Å². The largest absolute Gasteiger partial charge is 0.357 e. The molecule has 6 heteroatoms. The molecule has 2 atom stereocenters. The maximum Gasteiger partial charge on any atom is 0.270 e. The highest BCUT2D eigenvalue weighted by Crippen LogP contribution is 2.30. The van der Waals surface area contributed by atoms with Crippen LogP contribution in [0.2, 0.25) is 0 Å². The Morgan fingerprint density at radius 2 is 2.08 bits per heavy atom. The van der Waals surface area contributed by atoms with E-state index in [0.717, 1.165) is 42.2 Å². The van der Waals surface area contributed by atoms with Gasteiger partial charge in [-0.2, -0.15) is 0 Å². The predicted octanol–water partition coefficient (Wildman–Crippen LogP) is 3.15. The molecule has 0 unspecified atom stereocenters. The summed E-state index contributed by atoms with van der Waals surface area (Å²) < 4.78 is 0. The Balaban J connectivity index is 1.54. The van der Waals surface area contributed by atoms with Gasteiger partial charge in [0.25, 0.3) is 5.91 Å². The van der Waals surface area contributed by atoms with E-state index in [0.29, 0.717) is 17.8 Å². The number of amides is 1. The third-order valence-corrected chi connectivity index (χ3v) is 6.18. The molecule has 2 aliphatic heterocycles. The molecular formula is C18H24N4OS. The van der Waals surface area contributed by atoms with Gasteiger partial charge in [0.15, 0.2) is 0 Å². The van der Waals surface area contributed by atoms with Crippen LogP contribution in [0.5, 0.6) is 0 Å². The average molecular weight is 344 g/mol. The molecule has 1 N–H and O–H groups in total. The highest BCUT2D eigenvalue weighted by Gasteiger charge is 2.38. The zero-order valence-electron chi connectivity index (χ0n) is 14.3. The molecule has 128 valence electrons. The summed E-state index contributed by atoms with van der Waals surface area (Å²) >= 11 is 1.63. The van der Waals surface area contributed by atoms with Crippen LogP contribution in [0.15, 0.2) is 17.6 Å². The monoisotopic (exact) mass is 344 g/mol. The first-order valence-electron chi connectivity index (χ1n) is 8.75. The van der Waals surface area contributed by atoms with Crippen LogP contribution in [-0.4, -0.2) is 57.9 Å². The Bertz CT molecular complexity index is 737. The number of likely N-dealkylation sites (N-methyl/N-ethyl adjacent to an activating group) is 1. The van der Waals surface area contributed by atoms with E-state index in [1.165, 1.54) is 12.8 Å². The van der Waals surface area contributed by atoms with Crippen molar-refractivity contribution in [3.05, 3.63) is 28.3 Å². The summed E-state index contributed by atoms with van der Waals surface area (Å²) in [6.07, 6.45) is 6.59. The lowest BCUT2D eigenvalue weighted by molar-refractivity contribution is 0.0659. The van der Waals surface area contributed by atoms with Gasteiger partial charge in [0.2, 0.25) is 0 Å². The van der Waals surface area contributed by atoms with Gasteiger partial charge < -0.3 is 14.8 Å². The van der Waals surface area contributed by atoms with Crippen LogP contribution in [0.3, 0.4) is 0 Å². The molecule has 0 spiro atoms. The van der Waals surface area contributed by atoms with Crippen molar-refractivity contribution < 1.29 is 4.79 Å². The molecule has 2 aromatic rings. The minimum Gasteiger partial charge on any atom is -0.357 e.